The lowest BCUT2D eigenvalue weighted by Crippen LogP contribution is -2.54. The second kappa shape index (κ2) is 11.6. The number of carbonyl (C=O) groups is 1. The van der Waals surface area contributed by atoms with E-state index in [-0.39, 0.29) is 18.3 Å². The molecule has 0 atom stereocenters. The Morgan fingerprint density at radius 1 is 1.11 bits per heavy atom. The van der Waals surface area contributed by atoms with Gasteiger partial charge in [-0.1, -0.05) is 35.3 Å². The standard InChI is InChI=1S/C26H26Cl2FN5O2S/c27-19-3-6-23(22(28)14-19)34-25-18(13-17-1-4-20(29)5-2-17)15-37-16-21(25)24(30-34)26(36)31-33-9-7-32(8-10-33)11-12-35/h1-6,13-14,35H,7-12,15-16H2,(H,31,36). The molecule has 37 heavy (non-hydrogen) atoms. The molecule has 1 fully saturated rings. The Balaban J connectivity index is 1.52. The van der Waals surface area contributed by atoms with Gasteiger partial charge in [-0.3, -0.25) is 15.1 Å². The van der Waals surface area contributed by atoms with Crippen molar-refractivity contribution in [3.8, 4) is 5.69 Å². The number of piperazine rings is 1. The second-order valence-electron chi connectivity index (χ2n) is 8.89. The molecule has 0 saturated carbocycles. The van der Waals surface area contributed by atoms with E-state index in [0.717, 1.165) is 35.5 Å². The molecule has 1 amide bonds. The first kappa shape index (κ1) is 26.2. The number of nitrogens with zero attached hydrogens (tertiary/aromatic N) is 4. The van der Waals surface area contributed by atoms with Crippen LogP contribution in [0.2, 0.25) is 10.0 Å². The lowest BCUT2D eigenvalue weighted by Gasteiger charge is -2.34. The van der Waals surface area contributed by atoms with Crippen molar-refractivity contribution >= 4 is 52.5 Å². The topological polar surface area (TPSA) is 73.6 Å². The van der Waals surface area contributed by atoms with Crippen molar-refractivity contribution in [2.45, 2.75) is 5.75 Å². The number of hydrogen-bond donors (Lipinski definition) is 2. The maximum atomic E-state index is 13.5. The number of benzene rings is 2. The molecule has 7 nitrogen and oxygen atoms in total. The number of carbonyl (C=O) groups excluding carboxylic acids is 1. The summed E-state index contributed by atoms with van der Waals surface area (Å²) in [6.07, 6.45) is 1.99. The van der Waals surface area contributed by atoms with Gasteiger partial charge in [-0.15, -0.1) is 0 Å². The van der Waals surface area contributed by atoms with Gasteiger partial charge in [-0.2, -0.15) is 16.9 Å². The van der Waals surface area contributed by atoms with E-state index in [4.69, 9.17) is 28.3 Å². The summed E-state index contributed by atoms with van der Waals surface area (Å²) in [5.74, 6) is 0.748. The maximum Gasteiger partial charge on any atom is 0.286 e. The molecule has 2 aliphatic rings. The number of nitrogens with one attached hydrogen (secondary N) is 1. The molecule has 0 aliphatic carbocycles. The maximum absolute atomic E-state index is 13.5. The molecule has 3 aromatic rings. The van der Waals surface area contributed by atoms with Crippen LogP contribution in [0.25, 0.3) is 17.3 Å². The zero-order chi connectivity index (χ0) is 25.9. The number of aliphatic hydroxyl groups is 1. The number of rotatable bonds is 6. The van der Waals surface area contributed by atoms with Crippen molar-refractivity contribution in [2.75, 3.05) is 45.1 Å². The van der Waals surface area contributed by atoms with Gasteiger partial charge < -0.3 is 5.11 Å². The highest BCUT2D eigenvalue weighted by Gasteiger charge is 2.30. The largest absolute Gasteiger partial charge is 0.395 e. The average Bonchev–Trinajstić information content (AvgIpc) is 3.27. The van der Waals surface area contributed by atoms with E-state index >= 15 is 0 Å². The number of aromatic nitrogens is 2. The van der Waals surface area contributed by atoms with Gasteiger partial charge >= 0.3 is 0 Å². The van der Waals surface area contributed by atoms with Crippen molar-refractivity contribution in [3.05, 3.63) is 80.8 Å². The minimum absolute atomic E-state index is 0.120. The Morgan fingerprint density at radius 3 is 2.57 bits per heavy atom. The fourth-order valence-corrected chi connectivity index (χ4v) is 6.06. The summed E-state index contributed by atoms with van der Waals surface area (Å²) in [6, 6.07) is 11.5. The molecule has 0 unspecified atom stereocenters. The third-order valence-corrected chi connectivity index (χ3v) is 7.95. The summed E-state index contributed by atoms with van der Waals surface area (Å²) in [4.78, 5) is 15.6. The molecule has 0 bridgehead atoms. The Morgan fingerprint density at radius 2 is 1.86 bits per heavy atom. The Bertz CT molecular complexity index is 1320. The third-order valence-electron chi connectivity index (χ3n) is 6.40. The van der Waals surface area contributed by atoms with E-state index in [9.17, 15) is 14.3 Å². The van der Waals surface area contributed by atoms with Crippen LogP contribution < -0.4 is 5.43 Å². The third kappa shape index (κ3) is 5.87. The highest BCUT2D eigenvalue weighted by molar-refractivity contribution is 7.99. The zero-order valence-corrected chi connectivity index (χ0v) is 22.3. The van der Waals surface area contributed by atoms with Gasteiger partial charge in [0.2, 0.25) is 0 Å². The van der Waals surface area contributed by atoms with Crippen LogP contribution >= 0.6 is 35.0 Å². The van der Waals surface area contributed by atoms with Crippen LogP contribution in [0.4, 0.5) is 4.39 Å². The quantitative estimate of drug-likeness (QED) is 0.466. The zero-order valence-electron chi connectivity index (χ0n) is 20.0. The Kier molecular flexibility index (Phi) is 8.18. The van der Waals surface area contributed by atoms with Crippen molar-refractivity contribution in [1.29, 1.82) is 0 Å². The summed E-state index contributed by atoms with van der Waals surface area (Å²) in [5, 5.41) is 16.8. The highest BCUT2D eigenvalue weighted by Crippen LogP contribution is 2.38. The lowest BCUT2D eigenvalue weighted by atomic mass is 10.0. The summed E-state index contributed by atoms with van der Waals surface area (Å²) in [6.45, 7) is 3.57. The molecule has 5 rings (SSSR count). The van der Waals surface area contributed by atoms with Gasteiger partial charge in [0.1, 0.15) is 5.82 Å². The molecular weight excluding hydrogens is 536 g/mol. The summed E-state index contributed by atoms with van der Waals surface area (Å²) < 4.78 is 15.2. The number of amides is 1. The summed E-state index contributed by atoms with van der Waals surface area (Å²) in [5.41, 5.74) is 7.43. The minimum Gasteiger partial charge on any atom is -0.395 e. The van der Waals surface area contributed by atoms with Gasteiger partial charge in [0.15, 0.2) is 5.69 Å². The van der Waals surface area contributed by atoms with Gasteiger partial charge in [-0.05, 0) is 47.5 Å². The number of fused-ring (bicyclic) bond motifs is 1. The number of halogens is 3. The minimum atomic E-state index is -0.296. The van der Waals surface area contributed by atoms with Crippen LogP contribution in [-0.4, -0.2) is 75.8 Å². The smallest absolute Gasteiger partial charge is 0.286 e. The van der Waals surface area contributed by atoms with E-state index in [1.807, 2.05) is 11.1 Å². The Labute approximate surface area is 228 Å². The molecule has 2 aliphatic heterocycles. The van der Waals surface area contributed by atoms with Crippen molar-refractivity contribution in [1.82, 2.24) is 25.1 Å². The van der Waals surface area contributed by atoms with Crippen LogP contribution in [0.5, 0.6) is 0 Å². The first-order valence-electron chi connectivity index (χ1n) is 11.9. The van der Waals surface area contributed by atoms with Crippen LogP contribution in [0, 0.1) is 5.82 Å². The van der Waals surface area contributed by atoms with Gasteiger partial charge in [-0.25, -0.2) is 14.1 Å². The fraction of sp³-hybridized carbons (Fsp3) is 0.308. The predicted octanol–water partition coefficient (Wildman–Crippen LogP) is 4.36. The molecule has 2 aromatic carbocycles. The molecule has 0 radical (unpaired) electrons. The van der Waals surface area contributed by atoms with Crippen LogP contribution in [0.1, 0.15) is 27.3 Å². The molecule has 0 spiro atoms. The summed E-state index contributed by atoms with van der Waals surface area (Å²) in [7, 11) is 0. The van der Waals surface area contributed by atoms with E-state index in [2.05, 4.69) is 10.3 Å². The molecule has 11 heteroatoms. The van der Waals surface area contributed by atoms with Crippen LogP contribution in [0.15, 0.2) is 42.5 Å². The number of thioether (sulfide) groups is 1. The van der Waals surface area contributed by atoms with Crippen LogP contribution in [0.3, 0.4) is 0 Å². The predicted molar refractivity (Wildman–Crippen MR) is 147 cm³/mol. The molecule has 1 saturated heterocycles. The number of β-amino-alcohol motifs (C(OH)–C–C–N with tert-alkyl or cyclic N) is 1. The van der Waals surface area contributed by atoms with Gasteiger partial charge in [0, 0.05) is 54.8 Å². The molecular formula is C26H26Cl2FN5O2S. The number of hydrazine groups is 1. The van der Waals surface area contributed by atoms with E-state index in [1.165, 1.54) is 12.1 Å². The first-order chi connectivity index (χ1) is 17.9. The average molecular weight is 562 g/mol. The molecule has 3 heterocycles. The first-order valence-corrected chi connectivity index (χ1v) is 13.8. The summed E-state index contributed by atoms with van der Waals surface area (Å²) >= 11 is 14.4. The van der Waals surface area contributed by atoms with Crippen molar-refractivity contribution in [2.24, 2.45) is 0 Å². The monoisotopic (exact) mass is 561 g/mol. The SMILES string of the molecule is O=C(NN1CCN(CCO)CC1)c1nn(-c2ccc(Cl)cc2Cl)c2c1CSCC2=Cc1ccc(F)cc1. The van der Waals surface area contributed by atoms with Crippen LogP contribution in [-0.2, 0) is 5.75 Å². The fourth-order valence-electron chi connectivity index (χ4n) is 4.55. The molecule has 1 aromatic heterocycles. The van der Waals surface area contributed by atoms with Gasteiger partial charge in [0.05, 0.1) is 23.0 Å². The second-order valence-corrected chi connectivity index (χ2v) is 10.7. The lowest BCUT2D eigenvalue weighted by molar-refractivity contribution is 0.0576. The van der Waals surface area contributed by atoms with Crippen molar-refractivity contribution in [3.63, 3.8) is 0 Å². The molecule has 2 N–H and O–H groups in total. The normalized spacial score (nSPS) is 17.7. The number of aliphatic hydroxyl groups excluding tert-OH is 1. The number of hydrogen-bond acceptors (Lipinski definition) is 6. The van der Waals surface area contributed by atoms with Gasteiger partial charge in [0.25, 0.3) is 5.91 Å². The highest BCUT2D eigenvalue weighted by atomic mass is 35.5. The van der Waals surface area contributed by atoms with E-state index < -0.39 is 0 Å². The van der Waals surface area contributed by atoms with E-state index in [0.29, 0.717) is 52.6 Å². The van der Waals surface area contributed by atoms with Crippen molar-refractivity contribution < 1.29 is 14.3 Å². The molecule has 194 valence electrons. The Hall–Kier alpha value is -2.40. The van der Waals surface area contributed by atoms with E-state index in [1.54, 1.807) is 46.8 Å².